The second kappa shape index (κ2) is 8.73. The fourth-order valence-electron chi connectivity index (χ4n) is 2.05. The number of pyridine rings is 1. The fraction of sp³-hybridized carbons (Fsp3) is 0.294. The summed E-state index contributed by atoms with van der Waals surface area (Å²) in [5.74, 6) is 1.53. The van der Waals surface area contributed by atoms with Crippen molar-refractivity contribution in [2.24, 2.45) is 0 Å². The predicted molar refractivity (Wildman–Crippen MR) is 92.1 cm³/mol. The van der Waals surface area contributed by atoms with Crippen LogP contribution in [0.25, 0.3) is 0 Å². The molecule has 7 nitrogen and oxygen atoms in total. The maximum atomic E-state index is 12.4. The first-order chi connectivity index (χ1) is 11.7. The lowest BCUT2D eigenvalue weighted by atomic mass is 10.2. The standard InChI is InChI=1S/C17H21N3O4/c1-22-9-8-19-16-10-12(6-7-18-16)17(21)20-14-5-4-13(23-2)11-15(14)24-3/h4-7,10-11H,8-9H2,1-3H3,(H,18,19)(H,20,21). The Morgan fingerprint density at radius 3 is 2.67 bits per heavy atom. The van der Waals surface area contributed by atoms with Gasteiger partial charge in [0.25, 0.3) is 5.91 Å². The van der Waals surface area contributed by atoms with Crippen LogP contribution in [-0.2, 0) is 4.74 Å². The Kier molecular flexibility index (Phi) is 6.39. The molecule has 2 N–H and O–H groups in total. The van der Waals surface area contributed by atoms with Crippen LogP contribution in [0.2, 0.25) is 0 Å². The van der Waals surface area contributed by atoms with Crippen molar-refractivity contribution < 1.29 is 19.0 Å². The minimum absolute atomic E-state index is 0.254. The lowest BCUT2D eigenvalue weighted by Crippen LogP contribution is -2.14. The van der Waals surface area contributed by atoms with Crippen molar-refractivity contribution in [1.82, 2.24) is 4.98 Å². The summed E-state index contributed by atoms with van der Waals surface area (Å²) in [5.41, 5.74) is 1.05. The third-order valence-electron chi connectivity index (χ3n) is 3.29. The zero-order valence-electron chi connectivity index (χ0n) is 14.0. The molecule has 7 heteroatoms. The number of amides is 1. The van der Waals surface area contributed by atoms with E-state index in [-0.39, 0.29) is 5.91 Å². The molecule has 0 aliphatic heterocycles. The number of aromatic nitrogens is 1. The topological polar surface area (TPSA) is 81.7 Å². The van der Waals surface area contributed by atoms with Gasteiger partial charge in [-0.2, -0.15) is 0 Å². The van der Waals surface area contributed by atoms with Gasteiger partial charge in [-0.25, -0.2) is 4.98 Å². The molecule has 0 bridgehead atoms. The lowest BCUT2D eigenvalue weighted by molar-refractivity contribution is 0.102. The molecule has 1 aromatic heterocycles. The molecule has 0 spiro atoms. The highest BCUT2D eigenvalue weighted by atomic mass is 16.5. The number of hydrogen-bond donors (Lipinski definition) is 2. The molecule has 24 heavy (non-hydrogen) atoms. The van der Waals surface area contributed by atoms with E-state index >= 15 is 0 Å². The quantitative estimate of drug-likeness (QED) is 0.723. The number of hydrogen-bond acceptors (Lipinski definition) is 6. The monoisotopic (exact) mass is 331 g/mol. The van der Waals surface area contributed by atoms with Crippen LogP contribution in [0.1, 0.15) is 10.4 Å². The Morgan fingerprint density at radius 2 is 1.96 bits per heavy atom. The van der Waals surface area contributed by atoms with Crippen molar-refractivity contribution in [3.8, 4) is 11.5 Å². The highest BCUT2D eigenvalue weighted by molar-refractivity contribution is 6.05. The molecule has 0 saturated carbocycles. The van der Waals surface area contributed by atoms with Gasteiger partial charge in [0.15, 0.2) is 0 Å². The molecule has 0 fully saturated rings. The summed E-state index contributed by atoms with van der Waals surface area (Å²) in [6.45, 7) is 1.17. The third kappa shape index (κ3) is 4.60. The molecule has 128 valence electrons. The van der Waals surface area contributed by atoms with Gasteiger partial charge < -0.3 is 24.8 Å². The van der Waals surface area contributed by atoms with Gasteiger partial charge in [-0.05, 0) is 24.3 Å². The molecule has 2 aromatic rings. The van der Waals surface area contributed by atoms with Gasteiger partial charge in [0, 0.05) is 31.5 Å². The van der Waals surface area contributed by atoms with Crippen molar-refractivity contribution >= 4 is 17.4 Å². The molecule has 0 atom stereocenters. The normalized spacial score (nSPS) is 10.1. The molecule has 2 rings (SSSR count). The average Bonchev–Trinajstić information content (AvgIpc) is 2.62. The van der Waals surface area contributed by atoms with E-state index in [9.17, 15) is 4.79 Å². The van der Waals surface area contributed by atoms with Crippen LogP contribution in [0.3, 0.4) is 0 Å². The number of nitrogens with one attached hydrogen (secondary N) is 2. The summed E-state index contributed by atoms with van der Waals surface area (Å²) in [6.07, 6.45) is 1.58. The molecule has 0 aliphatic rings. The van der Waals surface area contributed by atoms with Crippen LogP contribution in [0.15, 0.2) is 36.5 Å². The van der Waals surface area contributed by atoms with Crippen LogP contribution in [-0.4, -0.2) is 45.4 Å². The number of benzene rings is 1. The predicted octanol–water partition coefficient (Wildman–Crippen LogP) is 2.41. The van der Waals surface area contributed by atoms with E-state index in [1.807, 2.05) is 0 Å². The highest BCUT2D eigenvalue weighted by Gasteiger charge is 2.11. The minimum atomic E-state index is -0.254. The zero-order chi connectivity index (χ0) is 17.4. The highest BCUT2D eigenvalue weighted by Crippen LogP contribution is 2.29. The number of carbonyl (C=O) groups excluding carboxylic acids is 1. The molecule has 0 radical (unpaired) electrons. The SMILES string of the molecule is COCCNc1cc(C(=O)Nc2ccc(OC)cc2OC)ccn1. The molecule has 1 amide bonds. The van der Waals surface area contributed by atoms with Gasteiger partial charge in [-0.15, -0.1) is 0 Å². The van der Waals surface area contributed by atoms with E-state index in [0.29, 0.717) is 41.7 Å². The summed E-state index contributed by atoms with van der Waals surface area (Å²) in [7, 11) is 4.73. The molecule has 1 heterocycles. The van der Waals surface area contributed by atoms with E-state index < -0.39 is 0 Å². The smallest absolute Gasteiger partial charge is 0.255 e. The third-order valence-corrected chi connectivity index (χ3v) is 3.29. The largest absolute Gasteiger partial charge is 0.497 e. The van der Waals surface area contributed by atoms with Crippen LogP contribution in [0.5, 0.6) is 11.5 Å². The van der Waals surface area contributed by atoms with Crippen LogP contribution in [0.4, 0.5) is 11.5 Å². The summed E-state index contributed by atoms with van der Waals surface area (Å²) in [6, 6.07) is 8.52. The summed E-state index contributed by atoms with van der Waals surface area (Å²) < 4.78 is 15.4. The second-order valence-electron chi connectivity index (χ2n) is 4.87. The Bertz CT molecular complexity index is 691. The van der Waals surface area contributed by atoms with Gasteiger partial charge in [0.05, 0.1) is 26.5 Å². The zero-order valence-corrected chi connectivity index (χ0v) is 14.0. The molecular formula is C17H21N3O4. The Balaban J connectivity index is 2.11. The number of methoxy groups -OCH3 is 3. The van der Waals surface area contributed by atoms with Crippen molar-refractivity contribution in [2.45, 2.75) is 0 Å². The van der Waals surface area contributed by atoms with Crippen molar-refractivity contribution in [1.29, 1.82) is 0 Å². The van der Waals surface area contributed by atoms with E-state index in [4.69, 9.17) is 14.2 Å². The number of anilines is 2. The second-order valence-corrected chi connectivity index (χ2v) is 4.87. The Labute approximate surface area is 140 Å². The fourth-order valence-corrected chi connectivity index (χ4v) is 2.05. The maximum absolute atomic E-state index is 12.4. The van der Waals surface area contributed by atoms with Gasteiger partial charge in [0.2, 0.25) is 0 Å². The van der Waals surface area contributed by atoms with Crippen LogP contribution < -0.4 is 20.1 Å². The van der Waals surface area contributed by atoms with Gasteiger partial charge in [0.1, 0.15) is 17.3 Å². The minimum Gasteiger partial charge on any atom is -0.497 e. The number of ether oxygens (including phenoxy) is 3. The summed E-state index contributed by atoms with van der Waals surface area (Å²) >= 11 is 0. The average molecular weight is 331 g/mol. The van der Waals surface area contributed by atoms with Crippen molar-refractivity contribution in [3.63, 3.8) is 0 Å². The van der Waals surface area contributed by atoms with Crippen molar-refractivity contribution in [3.05, 3.63) is 42.1 Å². The van der Waals surface area contributed by atoms with Crippen LogP contribution >= 0.6 is 0 Å². The number of carbonyl (C=O) groups is 1. The van der Waals surface area contributed by atoms with Crippen LogP contribution in [0, 0.1) is 0 Å². The van der Waals surface area contributed by atoms with E-state index in [2.05, 4.69) is 15.6 Å². The summed E-state index contributed by atoms with van der Waals surface area (Å²) in [4.78, 5) is 16.6. The lowest BCUT2D eigenvalue weighted by Gasteiger charge is -2.12. The molecule has 0 unspecified atom stereocenters. The Morgan fingerprint density at radius 1 is 1.12 bits per heavy atom. The molecule has 1 aromatic carbocycles. The van der Waals surface area contributed by atoms with E-state index in [0.717, 1.165) is 0 Å². The van der Waals surface area contributed by atoms with Gasteiger partial charge >= 0.3 is 0 Å². The molecule has 0 aliphatic carbocycles. The van der Waals surface area contributed by atoms with Crippen molar-refractivity contribution in [2.75, 3.05) is 45.1 Å². The molecular weight excluding hydrogens is 310 g/mol. The first-order valence-electron chi connectivity index (χ1n) is 7.40. The Hall–Kier alpha value is -2.80. The molecule has 0 saturated heterocycles. The number of rotatable bonds is 8. The van der Waals surface area contributed by atoms with Gasteiger partial charge in [-0.3, -0.25) is 4.79 Å². The maximum Gasteiger partial charge on any atom is 0.255 e. The first kappa shape index (κ1) is 17.6. The number of nitrogens with zero attached hydrogens (tertiary/aromatic N) is 1. The van der Waals surface area contributed by atoms with E-state index in [1.165, 1.54) is 7.11 Å². The van der Waals surface area contributed by atoms with E-state index in [1.54, 1.807) is 50.7 Å². The first-order valence-corrected chi connectivity index (χ1v) is 7.40. The summed E-state index contributed by atoms with van der Waals surface area (Å²) in [5, 5.41) is 5.91. The van der Waals surface area contributed by atoms with Gasteiger partial charge in [-0.1, -0.05) is 0 Å².